The highest BCUT2D eigenvalue weighted by Crippen LogP contribution is 2.26. The number of hydrogen-bond acceptors (Lipinski definition) is 5. The van der Waals surface area contributed by atoms with Crippen molar-refractivity contribution in [3.8, 4) is 0 Å². The standard InChI is InChI=1S/C17H23N3O3S/c1-10-9-24-16(18-10)15-8-20(5-6-22-15)17(21)19-12(3)14-7-11(2)23-13(14)4/h7,9,12,15H,5-6,8H2,1-4H3,(H,19,21)/t12-,15+/m0/s1. The summed E-state index contributed by atoms with van der Waals surface area (Å²) in [6.45, 7) is 9.39. The monoisotopic (exact) mass is 349 g/mol. The molecule has 0 spiro atoms. The van der Waals surface area contributed by atoms with Crippen LogP contribution in [-0.2, 0) is 4.74 Å². The van der Waals surface area contributed by atoms with Crippen LogP contribution in [0.25, 0.3) is 0 Å². The molecule has 0 aromatic carbocycles. The molecule has 1 N–H and O–H groups in total. The van der Waals surface area contributed by atoms with Crippen LogP contribution in [-0.4, -0.2) is 35.6 Å². The van der Waals surface area contributed by atoms with Gasteiger partial charge >= 0.3 is 6.03 Å². The Morgan fingerprint density at radius 2 is 2.25 bits per heavy atom. The molecule has 2 amide bonds. The Labute approximate surface area is 145 Å². The Bertz CT molecular complexity index is 724. The van der Waals surface area contributed by atoms with Crippen LogP contribution in [0.2, 0.25) is 0 Å². The molecule has 3 rings (SSSR count). The van der Waals surface area contributed by atoms with Gasteiger partial charge in [-0.05, 0) is 33.8 Å². The van der Waals surface area contributed by atoms with Crippen molar-refractivity contribution >= 4 is 17.4 Å². The summed E-state index contributed by atoms with van der Waals surface area (Å²) >= 11 is 1.58. The summed E-state index contributed by atoms with van der Waals surface area (Å²) in [6.07, 6.45) is -0.142. The number of rotatable bonds is 3. The van der Waals surface area contributed by atoms with Gasteiger partial charge in [0.25, 0.3) is 0 Å². The van der Waals surface area contributed by atoms with Gasteiger partial charge < -0.3 is 19.4 Å². The third-order valence-electron chi connectivity index (χ3n) is 4.15. The molecular formula is C17H23N3O3S. The maximum absolute atomic E-state index is 12.6. The first kappa shape index (κ1) is 17.0. The Morgan fingerprint density at radius 3 is 2.88 bits per heavy atom. The highest BCUT2D eigenvalue weighted by molar-refractivity contribution is 7.09. The molecule has 0 saturated carbocycles. The van der Waals surface area contributed by atoms with Gasteiger partial charge in [0.15, 0.2) is 0 Å². The number of ether oxygens (including phenoxy) is 1. The second-order valence-corrected chi connectivity index (χ2v) is 7.06. The van der Waals surface area contributed by atoms with Gasteiger partial charge in [0, 0.05) is 23.2 Å². The van der Waals surface area contributed by atoms with Crippen molar-refractivity contribution in [3.05, 3.63) is 39.2 Å². The molecular weight excluding hydrogens is 326 g/mol. The summed E-state index contributed by atoms with van der Waals surface area (Å²) in [4.78, 5) is 18.9. The molecule has 2 aromatic heterocycles. The fourth-order valence-electron chi connectivity index (χ4n) is 2.94. The first-order valence-electron chi connectivity index (χ1n) is 8.10. The summed E-state index contributed by atoms with van der Waals surface area (Å²) in [6, 6.07) is 1.79. The zero-order valence-corrected chi connectivity index (χ0v) is 15.3. The number of amides is 2. The van der Waals surface area contributed by atoms with Gasteiger partial charge in [-0.3, -0.25) is 0 Å². The lowest BCUT2D eigenvalue weighted by Gasteiger charge is -2.32. The van der Waals surface area contributed by atoms with Crippen LogP contribution in [0.3, 0.4) is 0 Å². The van der Waals surface area contributed by atoms with Crippen molar-refractivity contribution in [2.45, 2.75) is 39.8 Å². The fourth-order valence-corrected chi connectivity index (χ4v) is 3.77. The highest BCUT2D eigenvalue weighted by Gasteiger charge is 2.28. The maximum Gasteiger partial charge on any atom is 0.318 e. The predicted molar refractivity (Wildman–Crippen MR) is 92.2 cm³/mol. The minimum absolute atomic E-state index is 0.0812. The molecule has 1 fully saturated rings. The Kier molecular flexibility index (Phi) is 4.91. The van der Waals surface area contributed by atoms with Gasteiger partial charge in [-0.25, -0.2) is 9.78 Å². The molecule has 2 aromatic rings. The number of aromatic nitrogens is 1. The van der Waals surface area contributed by atoms with Gasteiger partial charge in [0.05, 0.1) is 19.2 Å². The molecule has 0 bridgehead atoms. The molecule has 130 valence electrons. The second-order valence-electron chi connectivity index (χ2n) is 6.17. The molecule has 1 saturated heterocycles. The van der Waals surface area contributed by atoms with E-state index in [-0.39, 0.29) is 18.2 Å². The quantitative estimate of drug-likeness (QED) is 0.921. The van der Waals surface area contributed by atoms with E-state index >= 15 is 0 Å². The van der Waals surface area contributed by atoms with Crippen molar-refractivity contribution in [2.24, 2.45) is 0 Å². The van der Waals surface area contributed by atoms with Crippen molar-refractivity contribution < 1.29 is 13.9 Å². The molecule has 1 aliphatic rings. The Hall–Kier alpha value is -1.86. The number of furan rings is 1. The largest absolute Gasteiger partial charge is 0.466 e. The molecule has 6 nitrogen and oxygen atoms in total. The summed E-state index contributed by atoms with van der Waals surface area (Å²) in [5.41, 5.74) is 2.00. The number of nitrogens with one attached hydrogen (secondary N) is 1. The first-order chi connectivity index (χ1) is 11.4. The van der Waals surface area contributed by atoms with E-state index in [1.165, 1.54) is 0 Å². The van der Waals surface area contributed by atoms with Crippen molar-refractivity contribution in [3.63, 3.8) is 0 Å². The summed E-state index contributed by atoms with van der Waals surface area (Å²) in [5.74, 6) is 1.70. The van der Waals surface area contributed by atoms with E-state index in [1.807, 2.05) is 39.1 Å². The van der Waals surface area contributed by atoms with Crippen molar-refractivity contribution in [1.82, 2.24) is 15.2 Å². The van der Waals surface area contributed by atoms with Gasteiger partial charge in [0.2, 0.25) is 0 Å². The molecule has 0 aliphatic carbocycles. The summed E-state index contributed by atoms with van der Waals surface area (Å²) < 4.78 is 11.3. The number of morpholine rings is 1. The van der Waals surface area contributed by atoms with E-state index in [0.717, 1.165) is 27.8 Å². The van der Waals surface area contributed by atoms with E-state index in [9.17, 15) is 4.79 Å². The number of thiazole rings is 1. The SMILES string of the molecule is Cc1csc([C@H]2CN(C(=O)N[C@@H](C)c3cc(C)oc3C)CCO2)n1. The number of urea groups is 1. The number of hydrogen-bond donors (Lipinski definition) is 1. The molecule has 0 unspecified atom stereocenters. The van der Waals surface area contributed by atoms with E-state index in [0.29, 0.717) is 19.7 Å². The lowest BCUT2D eigenvalue weighted by molar-refractivity contribution is -0.0158. The first-order valence-corrected chi connectivity index (χ1v) is 8.98. The van der Waals surface area contributed by atoms with Crippen molar-refractivity contribution in [1.29, 1.82) is 0 Å². The third kappa shape index (κ3) is 3.62. The lowest BCUT2D eigenvalue weighted by atomic mass is 10.1. The third-order valence-corrected chi connectivity index (χ3v) is 5.21. The molecule has 0 radical (unpaired) electrons. The van der Waals surface area contributed by atoms with Gasteiger partial charge in [0.1, 0.15) is 22.6 Å². The predicted octanol–water partition coefficient (Wildman–Crippen LogP) is 3.51. The van der Waals surface area contributed by atoms with Crippen LogP contribution >= 0.6 is 11.3 Å². The molecule has 7 heteroatoms. The normalized spacial score (nSPS) is 19.3. The number of aryl methyl sites for hydroxylation is 3. The summed E-state index contributed by atoms with van der Waals surface area (Å²) in [7, 11) is 0. The summed E-state index contributed by atoms with van der Waals surface area (Å²) in [5, 5.41) is 5.99. The van der Waals surface area contributed by atoms with E-state index in [4.69, 9.17) is 9.15 Å². The second kappa shape index (κ2) is 6.94. The average Bonchev–Trinajstić information content (AvgIpc) is 3.12. The van der Waals surface area contributed by atoms with Gasteiger partial charge in [-0.15, -0.1) is 11.3 Å². The Balaban J connectivity index is 1.63. The molecule has 3 heterocycles. The zero-order chi connectivity index (χ0) is 17.3. The maximum atomic E-state index is 12.6. The minimum atomic E-state index is -0.142. The van der Waals surface area contributed by atoms with Crippen LogP contribution in [0.1, 0.15) is 46.9 Å². The van der Waals surface area contributed by atoms with E-state index in [2.05, 4.69) is 10.3 Å². The van der Waals surface area contributed by atoms with E-state index in [1.54, 1.807) is 16.2 Å². The van der Waals surface area contributed by atoms with Gasteiger partial charge in [-0.2, -0.15) is 0 Å². The molecule has 24 heavy (non-hydrogen) atoms. The van der Waals surface area contributed by atoms with Gasteiger partial charge in [-0.1, -0.05) is 0 Å². The van der Waals surface area contributed by atoms with Crippen LogP contribution in [0.15, 0.2) is 15.9 Å². The van der Waals surface area contributed by atoms with Crippen molar-refractivity contribution in [2.75, 3.05) is 19.7 Å². The van der Waals surface area contributed by atoms with Crippen LogP contribution in [0, 0.1) is 20.8 Å². The number of nitrogens with zero attached hydrogens (tertiary/aromatic N) is 2. The fraction of sp³-hybridized carbons (Fsp3) is 0.529. The van der Waals surface area contributed by atoms with E-state index < -0.39 is 0 Å². The number of carbonyl (C=O) groups is 1. The molecule has 2 atom stereocenters. The topological polar surface area (TPSA) is 67.6 Å². The molecule has 1 aliphatic heterocycles. The number of carbonyl (C=O) groups excluding carboxylic acids is 1. The van der Waals surface area contributed by atoms with Crippen LogP contribution < -0.4 is 5.32 Å². The Morgan fingerprint density at radius 1 is 1.46 bits per heavy atom. The average molecular weight is 349 g/mol. The smallest absolute Gasteiger partial charge is 0.318 e. The minimum Gasteiger partial charge on any atom is -0.466 e. The zero-order valence-electron chi connectivity index (χ0n) is 14.5. The van der Waals surface area contributed by atoms with Crippen LogP contribution in [0.4, 0.5) is 4.79 Å². The highest BCUT2D eigenvalue weighted by atomic mass is 32.1. The van der Waals surface area contributed by atoms with Crippen LogP contribution in [0.5, 0.6) is 0 Å². The lowest BCUT2D eigenvalue weighted by Crippen LogP contribution is -2.47.